The second kappa shape index (κ2) is 3.58. The van der Waals surface area contributed by atoms with Crippen molar-refractivity contribution >= 4 is 15.9 Å². The van der Waals surface area contributed by atoms with Crippen molar-refractivity contribution < 1.29 is 0 Å². The maximum Gasteiger partial charge on any atom is 0.0175 e. The Labute approximate surface area is 81.3 Å². The number of nitrogens with one attached hydrogen (secondary N) is 1. The number of halogens is 1. The van der Waals surface area contributed by atoms with Crippen LogP contribution in [0.3, 0.4) is 0 Å². The van der Waals surface area contributed by atoms with Crippen molar-refractivity contribution in [3.05, 3.63) is 34.3 Å². The van der Waals surface area contributed by atoms with E-state index >= 15 is 0 Å². The van der Waals surface area contributed by atoms with E-state index in [1.165, 1.54) is 25.1 Å². The summed E-state index contributed by atoms with van der Waals surface area (Å²) >= 11 is 3.43. The monoisotopic (exact) mass is 225 g/mol. The van der Waals surface area contributed by atoms with Crippen LogP contribution in [-0.2, 0) is 6.42 Å². The summed E-state index contributed by atoms with van der Waals surface area (Å²) in [6.45, 7) is 2.38. The van der Waals surface area contributed by atoms with Crippen molar-refractivity contribution in [2.75, 3.05) is 13.1 Å². The molecule has 0 bridgehead atoms. The highest BCUT2D eigenvalue weighted by Crippen LogP contribution is 2.15. The van der Waals surface area contributed by atoms with Gasteiger partial charge in [-0.1, -0.05) is 28.1 Å². The zero-order chi connectivity index (χ0) is 8.39. The smallest absolute Gasteiger partial charge is 0.0175 e. The second-order valence-corrected chi connectivity index (χ2v) is 4.27. The summed E-state index contributed by atoms with van der Waals surface area (Å²) in [7, 11) is 0. The fraction of sp³-hybridized carbons (Fsp3) is 0.400. The molecule has 2 heteroatoms. The summed E-state index contributed by atoms with van der Waals surface area (Å²) in [4.78, 5) is 0. The van der Waals surface area contributed by atoms with Crippen LogP contribution in [-0.4, -0.2) is 13.1 Å². The highest BCUT2D eigenvalue weighted by atomic mass is 79.9. The molecule has 1 N–H and O–H groups in total. The molecule has 1 aromatic rings. The molecule has 2 rings (SSSR count). The zero-order valence-electron chi connectivity index (χ0n) is 6.89. The summed E-state index contributed by atoms with van der Waals surface area (Å²) in [5.41, 5.74) is 1.45. The van der Waals surface area contributed by atoms with E-state index in [4.69, 9.17) is 0 Å². The Morgan fingerprint density at radius 3 is 2.42 bits per heavy atom. The van der Waals surface area contributed by atoms with Crippen LogP contribution in [0.25, 0.3) is 0 Å². The molecule has 1 aliphatic rings. The lowest BCUT2D eigenvalue weighted by atomic mass is 9.95. The molecule has 1 aliphatic heterocycles. The zero-order valence-corrected chi connectivity index (χ0v) is 8.47. The second-order valence-electron chi connectivity index (χ2n) is 3.35. The van der Waals surface area contributed by atoms with Crippen LogP contribution >= 0.6 is 15.9 Å². The van der Waals surface area contributed by atoms with Crippen LogP contribution in [0.2, 0.25) is 0 Å². The summed E-state index contributed by atoms with van der Waals surface area (Å²) in [5.74, 6) is 0.867. The first-order chi connectivity index (χ1) is 5.84. The number of hydrogen-bond acceptors (Lipinski definition) is 1. The van der Waals surface area contributed by atoms with E-state index in [1.807, 2.05) is 0 Å². The van der Waals surface area contributed by atoms with Gasteiger partial charge in [-0.25, -0.2) is 0 Å². The lowest BCUT2D eigenvalue weighted by Gasteiger charge is -2.26. The molecule has 1 aromatic carbocycles. The SMILES string of the molecule is Brc1ccc(CC2CNC2)cc1. The molecule has 0 aliphatic carbocycles. The minimum Gasteiger partial charge on any atom is -0.316 e. The third kappa shape index (κ3) is 1.87. The van der Waals surface area contributed by atoms with E-state index in [0.29, 0.717) is 0 Å². The molecule has 0 atom stereocenters. The third-order valence-electron chi connectivity index (χ3n) is 2.30. The third-order valence-corrected chi connectivity index (χ3v) is 2.83. The molecule has 0 radical (unpaired) electrons. The van der Waals surface area contributed by atoms with Crippen LogP contribution in [0.5, 0.6) is 0 Å². The number of hydrogen-bond donors (Lipinski definition) is 1. The normalized spacial score (nSPS) is 17.4. The Kier molecular flexibility index (Phi) is 2.47. The quantitative estimate of drug-likeness (QED) is 0.815. The van der Waals surface area contributed by atoms with E-state index in [-0.39, 0.29) is 0 Å². The molecule has 0 unspecified atom stereocenters. The molecule has 1 nitrogen and oxygen atoms in total. The van der Waals surface area contributed by atoms with Gasteiger partial charge in [-0.15, -0.1) is 0 Å². The molecule has 0 aromatic heterocycles. The van der Waals surface area contributed by atoms with Gasteiger partial charge in [0.15, 0.2) is 0 Å². The van der Waals surface area contributed by atoms with Gasteiger partial charge in [-0.2, -0.15) is 0 Å². The van der Waals surface area contributed by atoms with Gasteiger partial charge in [-0.05, 0) is 43.1 Å². The highest BCUT2D eigenvalue weighted by Gasteiger charge is 2.16. The van der Waals surface area contributed by atoms with Crippen LogP contribution in [0.15, 0.2) is 28.7 Å². The average molecular weight is 226 g/mol. The van der Waals surface area contributed by atoms with Gasteiger partial charge < -0.3 is 5.32 Å². The Morgan fingerprint density at radius 2 is 1.92 bits per heavy atom. The van der Waals surface area contributed by atoms with Crippen LogP contribution in [0.1, 0.15) is 5.56 Å². The molecule has 12 heavy (non-hydrogen) atoms. The lowest BCUT2D eigenvalue weighted by molar-refractivity contribution is 0.346. The number of benzene rings is 1. The van der Waals surface area contributed by atoms with Gasteiger partial charge in [0.25, 0.3) is 0 Å². The fourth-order valence-electron chi connectivity index (χ4n) is 1.45. The van der Waals surface area contributed by atoms with Crippen molar-refractivity contribution in [1.29, 1.82) is 0 Å². The van der Waals surface area contributed by atoms with Gasteiger partial charge in [0.1, 0.15) is 0 Å². The van der Waals surface area contributed by atoms with E-state index in [1.54, 1.807) is 0 Å². The Bertz CT molecular complexity index is 251. The van der Waals surface area contributed by atoms with E-state index in [2.05, 4.69) is 45.5 Å². The molecule has 64 valence electrons. The molecule has 0 amide bonds. The molecule has 1 heterocycles. The first-order valence-electron chi connectivity index (χ1n) is 4.30. The van der Waals surface area contributed by atoms with Crippen LogP contribution in [0.4, 0.5) is 0 Å². The predicted octanol–water partition coefficient (Wildman–Crippen LogP) is 2.21. The standard InChI is InChI=1S/C10H12BrN/c11-10-3-1-8(2-4-10)5-9-6-12-7-9/h1-4,9,12H,5-7H2. The summed E-state index contributed by atoms with van der Waals surface area (Å²) in [6.07, 6.45) is 1.22. The van der Waals surface area contributed by atoms with Gasteiger partial charge in [0, 0.05) is 4.47 Å². The van der Waals surface area contributed by atoms with Crippen LogP contribution in [0, 0.1) is 5.92 Å². The Hall–Kier alpha value is -0.340. The van der Waals surface area contributed by atoms with Crippen molar-refractivity contribution in [2.45, 2.75) is 6.42 Å². The van der Waals surface area contributed by atoms with E-state index in [9.17, 15) is 0 Å². The summed E-state index contributed by atoms with van der Waals surface area (Å²) < 4.78 is 1.16. The maximum absolute atomic E-state index is 3.43. The van der Waals surface area contributed by atoms with Crippen LogP contribution < -0.4 is 5.32 Å². The summed E-state index contributed by atoms with van der Waals surface area (Å²) in [5, 5.41) is 3.28. The largest absolute Gasteiger partial charge is 0.316 e. The van der Waals surface area contributed by atoms with Crippen molar-refractivity contribution in [3.8, 4) is 0 Å². The first-order valence-corrected chi connectivity index (χ1v) is 5.09. The lowest BCUT2D eigenvalue weighted by Crippen LogP contribution is -2.43. The topological polar surface area (TPSA) is 12.0 Å². The van der Waals surface area contributed by atoms with Gasteiger partial charge in [0.05, 0.1) is 0 Å². The van der Waals surface area contributed by atoms with Gasteiger partial charge in [-0.3, -0.25) is 0 Å². The maximum atomic E-state index is 3.43. The Balaban J connectivity index is 1.98. The van der Waals surface area contributed by atoms with Gasteiger partial charge >= 0.3 is 0 Å². The number of rotatable bonds is 2. The summed E-state index contributed by atoms with van der Waals surface area (Å²) in [6, 6.07) is 8.62. The first kappa shape index (κ1) is 8.27. The highest BCUT2D eigenvalue weighted by molar-refractivity contribution is 9.10. The fourth-order valence-corrected chi connectivity index (χ4v) is 1.71. The van der Waals surface area contributed by atoms with E-state index in [0.717, 1.165) is 10.4 Å². The van der Waals surface area contributed by atoms with Crippen molar-refractivity contribution in [2.24, 2.45) is 5.92 Å². The molecular weight excluding hydrogens is 214 g/mol. The molecule has 1 fully saturated rings. The van der Waals surface area contributed by atoms with Gasteiger partial charge in [0.2, 0.25) is 0 Å². The van der Waals surface area contributed by atoms with Crippen molar-refractivity contribution in [3.63, 3.8) is 0 Å². The molecular formula is C10H12BrN. The molecule has 1 saturated heterocycles. The van der Waals surface area contributed by atoms with E-state index < -0.39 is 0 Å². The van der Waals surface area contributed by atoms with Crippen molar-refractivity contribution in [1.82, 2.24) is 5.32 Å². The minimum atomic E-state index is 0.867. The molecule has 0 spiro atoms. The predicted molar refractivity (Wildman–Crippen MR) is 54.2 cm³/mol. The average Bonchev–Trinajstić information content (AvgIpc) is 2.00. The Morgan fingerprint density at radius 1 is 1.25 bits per heavy atom. The molecule has 0 saturated carbocycles. The minimum absolute atomic E-state index is 0.867.